The lowest BCUT2D eigenvalue weighted by molar-refractivity contribution is -0.124. The quantitative estimate of drug-likeness (QED) is 0.729. The summed E-state index contributed by atoms with van der Waals surface area (Å²) in [6, 6.07) is 6.73. The first-order valence-electron chi connectivity index (χ1n) is 4.93. The predicted octanol–water partition coefficient (Wildman–Crippen LogP) is 0.522. The molecular formula is C11H12N2O3. The number of carbonyl (C=O) groups is 2. The molecule has 1 aromatic carbocycles. The summed E-state index contributed by atoms with van der Waals surface area (Å²) in [6.45, 7) is 0. The highest BCUT2D eigenvalue weighted by Crippen LogP contribution is 2.19. The summed E-state index contributed by atoms with van der Waals surface area (Å²) in [5.74, 6) is 0.174. The summed E-state index contributed by atoms with van der Waals surface area (Å²) >= 11 is 0. The van der Waals surface area contributed by atoms with Gasteiger partial charge in [0.1, 0.15) is 11.8 Å². The van der Waals surface area contributed by atoms with Crippen molar-refractivity contribution in [2.75, 3.05) is 12.4 Å². The van der Waals surface area contributed by atoms with Gasteiger partial charge in [0.15, 0.2) is 0 Å². The standard InChI is InChI=1S/C11H12N2O3/c1-16-8-4-2-3-7(5-8)12-9-6-10(14)13-11(9)15/h2-5,9,12H,6H2,1H3,(H,13,14,15)/t9-/m0/s1. The van der Waals surface area contributed by atoms with Gasteiger partial charge in [0, 0.05) is 11.8 Å². The Bertz CT molecular complexity index is 431. The van der Waals surface area contributed by atoms with Gasteiger partial charge in [0.05, 0.1) is 13.5 Å². The van der Waals surface area contributed by atoms with Gasteiger partial charge in [-0.25, -0.2) is 0 Å². The number of nitrogens with one attached hydrogen (secondary N) is 2. The molecule has 2 rings (SSSR count). The minimum absolute atomic E-state index is 0.177. The molecule has 84 valence electrons. The van der Waals surface area contributed by atoms with Crippen LogP contribution in [0.4, 0.5) is 5.69 Å². The van der Waals surface area contributed by atoms with Crippen LogP contribution < -0.4 is 15.4 Å². The van der Waals surface area contributed by atoms with Gasteiger partial charge < -0.3 is 10.1 Å². The van der Waals surface area contributed by atoms with Crippen LogP contribution in [0.2, 0.25) is 0 Å². The zero-order valence-corrected chi connectivity index (χ0v) is 8.82. The minimum Gasteiger partial charge on any atom is -0.497 e. The molecule has 1 atom stereocenters. The molecule has 0 radical (unpaired) electrons. The third-order valence-electron chi connectivity index (χ3n) is 2.38. The van der Waals surface area contributed by atoms with Crippen LogP contribution in [0, 0.1) is 0 Å². The fraction of sp³-hybridized carbons (Fsp3) is 0.273. The van der Waals surface area contributed by atoms with E-state index in [0.717, 1.165) is 5.69 Å². The van der Waals surface area contributed by atoms with E-state index in [9.17, 15) is 9.59 Å². The van der Waals surface area contributed by atoms with Crippen LogP contribution in [-0.4, -0.2) is 25.0 Å². The third kappa shape index (κ3) is 2.13. The number of ether oxygens (including phenoxy) is 1. The fourth-order valence-electron chi connectivity index (χ4n) is 1.58. The van der Waals surface area contributed by atoms with Crippen LogP contribution in [0.1, 0.15) is 6.42 Å². The van der Waals surface area contributed by atoms with E-state index >= 15 is 0 Å². The number of anilines is 1. The summed E-state index contributed by atoms with van der Waals surface area (Å²) in [4.78, 5) is 22.3. The molecule has 16 heavy (non-hydrogen) atoms. The van der Waals surface area contributed by atoms with Gasteiger partial charge in [0.25, 0.3) is 0 Å². The molecule has 5 nitrogen and oxygen atoms in total. The van der Waals surface area contributed by atoms with Crippen molar-refractivity contribution in [3.05, 3.63) is 24.3 Å². The van der Waals surface area contributed by atoms with Crippen molar-refractivity contribution in [1.29, 1.82) is 0 Å². The number of benzene rings is 1. The zero-order valence-electron chi connectivity index (χ0n) is 8.82. The van der Waals surface area contributed by atoms with Crippen LogP contribution in [0.3, 0.4) is 0 Å². The Morgan fingerprint density at radius 3 is 2.88 bits per heavy atom. The molecule has 0 aromatic heterocycles. The van der Waals surface area contributed by atoms with Crippen molar-refractivity contribution in [1.82, 2.24) is 5.32 Å². The molecule has 0 spiro atoms. The van der Waals surface area contributed by atoms with Crippen molar-refractivity contribution >= 4 is 17.5 Å². The second-order valence-corrected chi connectivity index (χ2v) is 3.55. The lowest BCUT2D eigenvalue weighted by Gasteiger charge is -2.11. The van der Waals surface area contributed by atoms with E-state index in [0.29, 0.717) is 5.75 Å². The van der Waals surface area contributed by atoms with Gasteiger partial charge in [-0.1, -0.05) is 6.07 Å². The molecular weight excluding hydrogens is 208 g/mol. The van der Waals surface area contributed by atoms with Gasteiger partial charge in [-0.3, -0.25) is 14.9 Å². The second-order valence-electron chi connectivity index (χ2n) is 3.55. The second kappa shape index (κ2) is 4.22. The summed E-state index contributed by atoms with van der Waals surface area (Å²) in [6.07, 6.45) is 0.177. The Morgan fingerprint density at radius 1 is 1.44 bits per heavy atom. The highest BCUT2D eigenvalue weighted by Gasteiger charge is 2.30. The van der Waals surface area contributed by atoms with Crippen LogP contribution in [0.5, 0.6) is 5.75 Å². The third-order valence-corrected chi connectivity index (χ3v) is 2.38. The first kappa shape index (κ1) is 10.5. The van der Waals surface area contributed by atoms with Crippen molar-refractivity contribution in [3.63, 3.8) is 0 Å². The lowest BCUT2D eigenvalue weighted by atomic mass is 10.2. The van der Waals surface area contributed by atoms with Crippen molar-refractivity contribution in [2.45, 2.75) is 12.5 Å². The van der Waals surface area contributed by atoms with E-state index in [-0.39, 0.29) is 18.2 Å². The van der Waals surface area contributed by atoms with Gasteiger partial charge in [-0.15, -0.1) is 0 Å². The molecule has 1 aliphatic rings. The number of hydrogen-bond donors (Lipinski definition) is 2. The van der Waals surface area contributed by atoms with Crippen LogP contribution in [-0.2, 0) is 9.59 Å². The van der Waals surface area contributed by atoms with Gasteiger partial charge in [-0.2, -0.15) is 0 Å². The molecule has 1 aromatic rings. The smallest absolute Gasteiger partial charge is 0.249 e. The highest BCUT2D eigenvalue weighted by atomic mass is 16.5. The summed E-state index contributed by atoms with van der Waals surface area (Å²) in [5, 5.41) is 5.23. The lowest BCUT2D eigenvalue weighted by Crippen LogP contribution is -2.29. The molecule has 1 saturated heterocycles. The molecule has 5 heteroatoms. The molecule has 2 N–H and O–H groups in total. The van der Waals surface area contributed by atoms with Crippen molar-refractivity contribution in [3.8, 4) is 5.75 Å². The van der Waals surface area contributed by atoms with Crippen LogP contribution >= 0.6 is 0 Å². The van der Waals surface area contributed by atoms with E-state index in [1.807, 2.05) is 18.2 Å². The first-order chi connectivity index (χ1) is 7.69. The molecule has 1 aliphatic heterocycles. The maximum atomic E-state index is 11.3. The normalized spacial score (nSPS) is 19.4. The summed E-state index contributed by atoms with van der Waals surface area (Å²) < 4.78 is 5.06. The van der Waals surface area contributed by atoms with Gasteiger partial charge in [0.2, 0.25) is 11.8 Å². The average Bonchev–Trinajstić information content (AvgIpc) is 2.58. The van der Waals surface area contributed by atoms with Crippen molar-refractivity contribution < 1.29 is 14.3 Å². The average molecular weight is 220 g/mol. The number of methoxy groups -OCH3 is 1. The summed E-state index contributed by atoms with van der Waals surface area (Å²) in [5.41, 5.74) is 0.759. The Kier molecular flexibility index (Phi) is 2.76. The number of imide groups is 1. The Balaban J connectivity index is 2.09. The number of hydrogen-bond acceptors (Lipinski definition) is 4. The van der Waals surface area contributed by atoms with Gasteiger partial charge in [-0.05, 0) is 12.1 Å². The maximum Gasteiger partial charge on any atom is 0.249 e. The first-order valence-corrected chi connectivity index (χ1v) is 4.93. The van der Waals surface area contributed by atoms with E-state index in [2.05, 4.69) is 10.6 Å². The minimum atomic E-state index is -0.486. The van der Waals surface area contributed by atoms with E-state index in [4.69, 9.17) is 4.74 Å². The predicted molar refractivity (Wildman–Crippen MR) is 58.2 cm³/mol. The molecule has 0 unspecified atom stereocenters. The monoisotopic (exact) mass is 220 g/mol. The fourth-order valence-corrected chi connectivity index (χ4v) is 1.58. The Morgan fingerprint density at radius 2 is 2.25 bits per heavy atom. The number of amides is 2. The zero-order chi connectivity index (χ0) is 11.5. The Hall–Kier alpha value is -2.04. The van der Waals surface area contributed by atoms with Crippen LogP contribution in [0.25, 0.3) is 0 Å². The molecule has 0 saturated carbocycles. The molecule has 0 aliphatic carbocycles. The molecule has 1 heterocycles. The van der Waals surface area contributed by atoms with Crippen molar-refractivity contribution in [2.24, 2.45) is 0 Å². The molecule has 1 fully saturated rings. The molecule has 2 amide bonds. The number of rotatable bonds is 3. The number of carbonyl (C=O) groups excluding carboxylic acids is 2. The van der Waals surface area contributed by atoms with Gasteiger partial charge >= 0.3 is 0 Å². The van der Waals surface area contributed by atoms with E-state index < -0.39 is 6.04 Å². The van der Waals surface area contributed by atoms with E-state index in [1.165, 1.54) is 0 Å². The topological polar surface area (TPSA) is 67.4 Å². The molecule has 0 bridgehead atoms. The SMILES string of the molecule is COc1cccc(N[C@H]2CC(=O)NC2=O)c1. The maximum absolute atomic E-state index is 11.3. The summed E-state index contributed by atoms with van der Waals surface area (Å²) in [7, 11) is 1.57. The van der Waals surface area contributed by atoms with E-state index in [1.54, 1.807) is 13.2 Å². The largest absolute Gasteiger partial charge is 0.497 e. The Labute approximate surface area is 92.8 Å². The highest BCUT2D eigenvalue weighted by molar-refractivity contribution is 6.06. The van der Waals surface area contributed by atoms with Crippen LogP contribution in [0.15, 0.2) is 24.3 Å².